The molecule has 1 fully saturated rings. The molecular weight excluding hydrogens is 238 g/mol. The van der Waals surface area contributed by atoms with E-state index in [1.165, 1.54) is 0 Å². The number of hydrogen-bond donors (Lipinski definition) is 0. The zero-order valence-corrected chi connectivity index (χ0v) is 12.9. The number of carbonyl (C=O) groups is 1. The summed E-state index contributed by atoms with van der Waals surface area (Å²) in [6.07, 6.45) is 5.05. The van der Waals surface area contributed by atoms with Gasteiger partial charge in [0.1, 0.15) is 0 Å². The largest absolute Gasteiger partial charge is 0.343 e. The maximum atomic E-state index is 12.2. The minimum atomic E-state index is 0.316. The second-order valence-electron chi connectivity index (χ2n) is 5.51. The van der Waals surface area contributed by atoms with Gasteiger partial charge in [0.2, 0.25) is 5.91 Å². The Kier molecular flexibility index (Phi) is 8.07. The van der Waals surface area contributed by atoms with Crippen molar-refractivity contribution in [3.63, 3.8) is 0 Å². The zero-order chi connectivity index (χ0) is 14.1. The Morgan fingerprint density at radius 2 is 1.68 bits per heavy atom. The third-order valence-electron chi connectivity index (χ3n) is 3.88. The van der Waals surface area contributed by atoms with E-state index in [0.717, 1.165) is 58.4 Å². The fourth-order valence-corrected chi connectivity index (χ4v) is 2.69. The number of rotatable bonds is 8. The van der Waals surface area contributed by atoms with Gasteiger partial charge in [0.05, 0.1) is 0 Å². The Balaban J connectivity index is 2.30. The minimum absolute atomic E-state index is 0.316. The van der Waals surface area contributed by atoms with Gasteiger partial charge in [-0.25, -0.2) is 5.32 Å². The van der Waals surface area contributed by atoms with Crippen LogP contribution in [0.3, 0.4) is 0 Å². The van der Waals surface area contributed by atoms with Crippen LogP contribution in [0, 0.1) is 0 Å². The van der Waals surface area contributed by atoms with Gasteiger partial charge >= 0.3 is 0 Å². The molecule has 1 radical (unpaired) electrons. The molecule has 111 valence electrons. The van der Waals surface area contributed by atoms with Crippen LogP contribution >= 0.6 is 0 Å². The van der Waals surface area contributed by atoms with Gasteiger partial charge in [-0.3, -0.25) is 4.79 Å². The summed E-state index contributed by atoms with van der Waals surface area (Å²) in [6.45, 7) is 8.92. The van der Waals surface area contributed by atoms with Crippen molar-refractivity contribution >= 4 is 5.91 Å². The lowest BCUT2D eigenvalue weighted by Gasteiger charge is -2.31. The molecule has 4 nitrogen and oxygen atoms in total. The molecule has 19 heavy (non-hydrogen) atoms. The predicted molar refractivity (Wildman–Crippen MR) is 79.3 cm³/mol. The summed E-state index contributed by atoms with van der Waals surface area (Å²) < 4.78 is 0. The average Bonchev–Trinajstić information content (AvgIpc) is 2.45. The van der Waals surface area contributed by atoms with Crippen molar-refractivity contribution in [2.75, 3.05) is 39.8 Å². The topological polar surface area (TPSA) is 37.7 Å². The summed E-state index contributed by atoms with van der Waals surface area (Å²) in [7, 11) is 2.15. The molecular formula is C15H30N3O. The molecule has 1 aliphatic rings. The summed E-state index contributed by atoms with van der Waals surface area (Å²) in [5.74, 6) is 0.316. The van der Waals surface area contributed by atoms with Gasteiger partial charge in [0.15, 0.2) is 0 Å². The van der Waals surface area contributed by atoms with Gasteiger partial charge in [-0.05, 0) is 32.7 Å². The van der Waals surface area contributed by atoms with E-state index in [9.17, 15) is 4.79 Å². The van der Waals surface area contributed by atoms with Crippen LogP contribution in [0.15, 0.2) is 0 Å². The Hall–Kier alpha value is -0.610. The van der Waals surface area contributed by atoms with Crippen LogP contribution in [0.5, 0.6) is 0 Å². The van der Waals surface area contributed by atoms with Crippen LogP contribution in [0.2, 0.25) is 0 Å². The third-order valence-corrected chi connectivity index (χ3v) is 3.88. The lowest BCUT2D eigenvalue weighted by Crippen LogP contribution is -2.41. The van der Waals surface area contributed by atoms with E-state index >= 15 is 0 Å². The Morgan fingerprint density at radius 3 is 2.21 bits per heavy atom. The molecule has 0 bridgehead atoms. The highest BCUT2D eigenvalue weighted by Gasteiger charge is 2.19. The Morgan fingerprint density at radius 1 is 1.11 bits per heavy atom. The zero-order valence-electron chi connectivity index (χ0n) is 12.9. The van der Waals surface area contributed by atoms with E-state index in [1.807, 2.05) is 4.90 Å². The average molecular weight is 268 g/mol. The molecule has 1 rings (SSSR count). The van der Waals surface area contributed by atoms with Crippen molar-refractivity contribution in [3.8, 4) is 0 Å². The second-order valence-corrected chi connectivity index (χ2v) is 5.51. The van der Waals surface area contributed by atoms with E-state index in [4.69, 9.17) is 0 Å². The highest BCUT2D eigenvalue weighted by Crippen LogP contribution is 2.11. The summed E-state index contributed by atoms with van der Waals surface area (Å²) in [5, 5.41) is 4.38. The number of carbonyl (C=O) groups excluding carboxylic acids is 1. The van der Waals surface area contributed by atoms with Gasteiger partial charge in [-0.1, -0.05) is 13.8 Å². The normalized spacial score (nSPS) is 16.8. The van der Waals surface area contributed by atoms with Crippen molar-refractivity contribution in [2.45, 2.75) is 52.0 Å². The van der Waals surface area contributed by atoms with Crippen molar-refractivity contribution in [1.82, 2.24) is 15.1 Å². The van der Waals surface area contributed by atoms with E-state index in [1.54, 1.807) is 0 Å². The standard InChI is InChI=1S/C15H30N3O/c1-4-11-18(12-5-2)15(19)8-13-17(3)14-6-9-16-10-7-14/h14H,4-13H2,1-3H3. The van der Waals surface area contributed by atoms with E-state index in [-0.39, 0.29) is 0 Å². The molecule has 0 aromatic rings. The van der Waals surface area contributed by atoms with Crippen LogP contribution in [-0.4, -0.2) is 61.5 Å². The highest BCUT2D eigenvalue weighted by molar-refractivity contribution is 5.76. The second kappa shape index (κ2) is 9.32. The van der Waals surface area contributed by atoms with Gasteiger partial charge in [0.25, 0.3) is 0 Å². The Bertz CT molecular complexity index is 246. The Labute approximate surface area is 118 Å². The molecule has 0 aromatic carbocycles. The molecule has 1 amide bonds. The summed E-state index contributed by atoms with van der Waals surface area (Å²) >= 11 is 0. The van der Waals surface area contributed by atoms with Gasteiger partial charge in [0, 0.05) is 45.2 Å². The van der Waals surface area contributed by atoms with Crippen LogP contribution in [-0.2, 0) is 4.79 Å². The van der Waals surface area contributed by atoms with Crippen molar-refractivity contribution in [3.05, 3.63) is 0 Å². The highest BCUT2D eigenvalue weighted by atomic mass is 16.2. The quantitative estimate of drug-likeness (QED) is 0.672. The van der Waals surface area contributed by atoms with Crippen LogP contribution in [0.1, 0.15) is 46.0 Å². The molecule has 0 aromatic heterocycles. The number of nitrogens with zero attached hydrogens (tertiary/aromatic N) is 3. The number of piperidine rings is 1. The summed E-state index contributed by atoms with van der Waals surface area (Å²) in [4.78, 5) is 16.6. The molecule has 1 saturated heterocycles. The van der Waals surface area contributed by atoms with Crippen LogP contribution in [0.25, 0.3) is 0 Å². The summed E-state index contributed by atoms with van der Waals surface area (Å²) in [6, 6.07) is 0.621. The SMILES string of the molecule is CCCN(CCC)C(=O)CCN(C)C1CC[N]CC1. The first-order valence-corrected chi connectivity index (χ1v) is 7.80. The minimum Gasteiger partial charge on any atom is -0.343 e. The lowest BCUT2D eigenvalue weighted by molar-refractivity contribution is -0.131. The summed E-state index contributed by atoms with van der Waals surface area (Å²) in [5.41, 5.74) is 0. The van der Waals surface area contributed by atoms with E-state index < -0.39 is 0 Å². The molecule has 4 heteroatoms. The molecule has 0 saturated carbocycles. The first-order valence-electron chi connectivity index (χ1n) is 7.80. The smallest absolute Gasteiger partial charge is 0.223 e. The van der Waals surface area contributed by atoms with Gasteiger partial charge < -0.3 is 9.80 Å². The van der Waals surface area contributed by atoms with E-state index in [0.29, 0.717) is 18.4 Å². The fourth-order valence-electron chi connectivity index (χ4n) is 2.69. The van der Waals surface area contributed by atoms with E-state index in [2.05, 4.69) is 31.1 Å². The molecule has 0 atom stereocenters. The molecule has 1 aliphatic heterocycles. The molecule has 1 heterocycles. The van der Waals surface area contributed by atoms with Crippen molar-refractivity contribution in [2.24, 2.45) is 0 Å². The van der Waals surface area contributed by atoms with Crippen molar-refractivity contribution < 1.29 is 4.79 Å². The molecule has 0 spiro atoms. The maximum Gasteiger partial charge on any atom is 0.223 e. The fraction of sp³-hybridized carbons (Fsp3) is 0.933. The number of hydrogen-bond acceptors (Lipinski definition) is 2. The lowest BCUT2D eigenvalue weighted by atomic mass is 10.1. The molecule has 0 aliphatic carbocycles. The maximum absolute atomic E-state index is 12.2. The van der Waals surface area contributed by atoms with Gasteiger partial charge in [-0.15, -0.1) is 0 Å². The van der Waals surface area contributed by atoms with Crippen molar-refractivity contribution in [1.29, 1.82) is 0 Å². The van der Waals surface area contributed by atoms with Crippen LogP contribution in [0.4, 0.5) is 0 Å². The number of amides is 1. The first kappa shape index (κ1) is 16.4. The third kappa shape index (κ3) is 5.91. The van der Waals surface area contributed by atoms with Crippen LogP contribution < -0.4 is 5.32 Å². The predicted octanol–water partition coefficient (Wildman–Crippen LogP) is 1.72. The monoisotopic (exact) mass is 268 g/mol. The molecule has 0 unspecified atom stereocenters. The first-order chi connectivity index (χ1) is 9.19. The van der Waals surface area contributed by atoms with Gasteiger partial charge in [-0.2, -0.15) is 0 Å². The molecule has 0 N–H and O–H groups in total.